The molecule has 2 heterocycles. The van der Waals surface area contributed by atoms with Gasteiger partial charge in [0.25, 0.3) is 11.8 Å². The van der Waals surface area contributed by atoms with Crippen molar-refractivity contribution in [3.05, 3.63) is 58.1 Å². The van der Waals surface area contributed by atoms with Gasteiger partial charge in [0, 0.05) is 10.6 Å². The Morgan fingerprint density at radius 3 is 2.57 bits per heavy atom. The predicted octanol–water partition coefficient (Wildman–Crippen LogP) is 2.85. The molecule has 0 unspecified atom stereocenters. The Balaban J connectivity index is 1.81. The van der Waals surface area contributed by atoms with Crippen molar-refractivity contribution in [1.82, 2.24) is 5.48 Å². The van der Waals surface area contributed by atoms with Crippen LogP contribution in [0.3, 0.4) is 0 Å². The minimum absolute atomic E-state index is 0.247. The lowest BCUT2D eigenvalue weighted by atomic mass is 10.0. The molecule has 1 atom stereocenters. The van der Waals surface area contributed by atoms with Gasteiger partial charge in [-0.05, 0) is 42.8 Å². The molecular weight excluding hydrogens is 384 g/mol. The van der Waals surface area contributed by atoms with E-state index in [0.29, 0.717) is 39.0 Å². The fourth-order valence-electron chi connectivity index (χ4n) is 3.37. The molecule has 2 aromatic rings. The fourth-order valence-corrected chi connectivity index (χ4v) is 3.54. The topological polar surface area (TPSA) is 77.1 Å². The average Bonchev–Trinajstić information content (AvgIpc) is 3.24. The van der Waals surface area contributed by atoms with Gasteiger partial charge in [0.2, 0.25) is 0 Å². The average molecular weight is 401 g/mol. The molecule has 0 saturated carbocycles. The zero-order chi connectivity index (χ0) is 20.0. The van der Waals surface area contributed by atoms with Gasteiger partial charge < -0.3 is 9.47 Å². The molecule has 1 N–H and O–H groups in total. The van der Waals surface area contributed by atoms with E-state index >= 15 is 0 Å². The van der Waals surface area contributed by atoms with Crippen molar-refractivity contribution in [2.24, 2.45) is 0 Å². The Labute approximate surface area is 166 Å². The molecular formula is C20H17ClN2O5. The first kappa shape index (κ1) is 18.3. The van der Waals surface area contributed by atoms with Crippen LogP contribution in [0.2, 0.25) is 5.02 Å². The Kier molecular flexibility index (Phi) is 4.49. The summed E-state index contributed by atoms with van der Waals surface area (Å²) in [5.74, 6) is 0.137. The third-order valence-corrected chi connectivity index (χ3v) is 5.25. The highest BCUT2D eigenvalue weighted by Gasteiger charge is 2.51. The molecule has 0 bridgehead atoms. The number of nitrogens with one attached hydrogen (secondary N) is 1. The summed E-state index contributed by atoms with van der Waals surface area (Å²) in [6.45, 7) is 1.76. The van der Waals surface area contributed by atoms with Crippen molar-refractivity contribution in [3.63, 3.8) is 0 Å². The minimum Gasteiger partial charge on any atom is -0.493 e. The number of methoxy groups -OCH3 is 2. The highest BCUT2D eigenvalue weighted by molar-refractivity contribution is 6.35. The van der Waals surface area contributed by atoms with Crippen LogP contribution in [0.25, 0.3) is 5.70 Å². The molecule has 0 radical (unpaired) electrons. The van der Waals surface area contributed by atoms with Crippen molar-refractivity contribution in [2.45, 2.75) is 13.0 Å². The Morgan fingerprint density at radius 1 is 1.11 bits per heavy atom. The van der Waals surface area contributed by atoms with E-state index in [0.717, 1.165) is 4.90 Å². The molecule has 7 nitrogen and oxygen atoms in total. The molecule has 8 heteroatoms. The number of ether oxygens (including phenoxy) is 2. The summed E-state index contributed by atoms with van der Waals surface area (Å²) in [6.07, 6.45) is -1.02. The van der Waals surface area contributed by atoms with Gasteiger partial charge in [-0.2, -0.15) is 0 Å². The molecule has 2 aliphatic heterocycles. The standard InChI is InChI=1S/C20H17ClN2O5/c1-10-12(21)5-4-6-13(10)23-19(24)16-17(22-28-18(16)20(23)25)11-7-8-14(26-2)15(9-11)27-3/h4-9,18,22H,1-3H3/t18-/m0/s1. The molecule has 1 fully saturated rings. The molecule has 28 heavy (non-hydrogen) atoms. The van der Waals surface area contributed by atoms with Gasteiger partial charge >= 0.3 is 0 Å². The Morgan fingerprint density at radius 2 is 1.86 bits per heavy atom. The van der Waals surface area contributed by atoms with E-state index in [2.05, 4.69) is 5.48 Å². The number of benzene rings is 2. The van der Waals surface area contributed by atoms with Crippen LogP contribution in [0.4, 0.5) is 5.69 Å². The van der Waals surface area contributed by atoms with Gasteiger partial charge in [-0.15, -0.1) is 0 Å². The van der Waals surface area contributed by atoms with Crippen LogP contribution in [0.5, 0.6) is 11.5 Å². The van der Waals surface area contributed by atoms with Gasteiger partial charge in [-0.1, -0.05) is 17.7 Å². The largest absolute Gasteiger partial charge is 0.493 e. The first-order chi connectivity index (χ1) is 13.5. The molecule has 2 aliphatic rings. The molecule has 2 aromatic carbocycles. The summed E-state index contributed by atoms with van der Waals surface area (Å²) in [5.41, 5.74) is 5.11. The molecule has 1 saturated heterocycles. The normalized spacial score (nSPS) is 18.4. The van der Waals surface area contributed by atoms with E-state index in [1.54, 1.807) is 43.3 Å². The monoisotopic (exact) mass is 400 g/mol. The minimum atomic E-state index is -1.02. The summed E-state index contributed by atoms with van der Waals surface area (Å²) >= 11 is 6.16. The molecule has 4 rings (SSSR count). The number of anilines is 1. The van der Waals surface area contributed by atoms with E-state index < -0.39 is 17.9 Å². The maximum absolute atomic E-state index is 13.2. The van der Waals surface area contributed by atoms with Gasteiger partial charge in [0.05, 0.1) is 31.2 Å². The van der Waals surface area contributed by atoms with Crippen LogP contribution in [0.15, 0.2) is 42.0 Å². The number of amides is 2. The number of carbonyl (C=O) groups is 2. The molecule has 144 valence electrons. The van der Waals surface area contributed by atoms with Crippen molar-refractivity contribution in [1.29, 1.82) is 0 Å². The zero-order valence-electron chi connectivity index (χ0n) is 15.4. The summed E-state index contributed by atoms with van der Waals surface area (Å²) in [7, 11) is 3.06. The van der Waals surface area contributed by atoms with Crippen LogP contribution in [-0.4, -0.2) is 32.1 Å². The van der Waals surface area contributed by atoms with E-state index in [1.807, 2.05) is 0 Å². The highest BCUT2D eigenvalue weighted by Crippen LogP contribution is 2.39. The second kappa shape index (κ2) is 6.85. The summed E-state index contributed by atoms with van der Waals surface area (Å²) in [5, 5.41) is 0.475. The smallest absolute Gasteiger partial charge is 0.270 e. The van der Waals surface area contributed by atoms with E-state index in [9.17, 15) is 9.59 Å². The van der Waals surface area contributed by atoms with E-state index in [-0.39, 0.29) is 5.57 Å². The SMILES string of the molecule is COc1ccc(C2=C3C(=O)N(c4cccc(Cl)c4C)C(=O)[C@H]3ON2)cc1OC. The maximum atomic E-state index is 13.2. The fraction of sp³-hybridized carbons (Fsp3) is 0.200. The number of carbonyl (C=O) groups excluding carboxylic acids is 2. The molecule has 0 aromatic heterocycles. The van der Waals surface area contributed by atoms with Crippen molar-refractivity contribution in [3.8, 4) is 11.5 Å². The lowest BCUT2D eigenvalue weighted by Gasteiger charge is -2.18. The van der Waals surface area contributed by atoms with Gasteiger partial charge in [-0.3, -0.25) is 19.9 Å². The van der Waals surface area contributed by atoms with Gasteiger partial charge in [0.1, 0.15) is 0 Å². The predicted molar refractivity (Wildman–Crippen MR) is 103 cm³/mol. The van der Waals surface area contributed by atoms with Crippen molar-refractivity contribution < 1.29 is 23.9 Å². The first-order valence-corrected chi connectivity index (χ1v) is 8.87. The third kappa shape index (κ3) is 2.63. The van der Waals surface area contributed by atoms with Crippen LogP contribution < -0.4 is 19.9 Å². The number of rotatable bonds is 4. The van der Waals surface area contributed by atoms with E-state index in [1.165, 1.54) is 14.2 Å². The summed E-state index contributed by atoms with van der Waals surface area (Å²) in [4.78, 5) is 32.6. The molecule has 0 aliphatic carbocycles. The second-order valence-corrected chi connectivity index (χ2v) is 6.73. The first-order valence-electron chi connectivity index (χ1n) is 8.49. The third-order valence-electron chi connectivity index (χ3n) is 4.84. The Hall–Kier alpha value is -3.03. The van der Waals surface area contributed by atoms with Gasteiger partial charge in [-0.25, -0.2) is 4.90 Å². The quantitative estimate of drug-likeness (QED) is 0.795. The maximum Gasteiger partial charge on any atom is 0.270 e. The van der Waals surface area contributed by atoms with Crippen molar-refractivity contribution in [2.75, 3.05) is 19.1 Å². The highest BCUT2D eigenvalue weighted by atomic mass is 35.5. The number of imide groups is 1. The lowest BCUT2D eigenvalue weighted by Crippen LogP contribution is -2.34. The number of fused-ring (bicyclic) bond motifs is 1. The van der Waals surface area contributed by atoms with Crippen LogP contribution in [0, 0.1) is 6.92 Å². The van der Waals surface area contributed by atoms with Crippen LogP contribution in [0.1, 0.15) is 11.1 Å². The molecule has 2 amide bonds. The number of hydrogen-bond donors (Lipinski definition) is 1. The van der Waals surface area contributed by atoms with Crippen LogP contribution >= 0.6 is 11.6 Å². The second-order valence-electron chi connectivity index (χ2n) is 6.32. The van der Waals surface area contributed by atoms with E-state index in [4.69, 9.17) is 25.9 Å². The molecule has 0 spiro atoms. The lowest BCUT2D eigenvalue weighted by molar-refractivity contribution is -0.127. The number of hydrogen-bond acceptors (Lipinski definition) is 6. The Bertz CT molecular complexity index is 1030. The number of halogens is 1. The van der Waals surface area contributed by atoms with Crippen LogP contribution in [-0.2, 0) is 14.4 Å². The van der Waals surface area contributed by atoms with Gasteiger partial charge in [0.15, 0.2) is 17.6 Å². The summed E-state index contributed by atoms with van der Waals surface area (Å²) < 4.78 is 10.6. The van der Waals surface area contributed by atoms with Crippen molar-refractivity contribution >= 4 is 34.8 Å². The number of nitrogens with zero attached hydrogens (tertiary/aromatic N) is 1. The zero-order valence-corrected chi connectivity index (χ0v) is 16.2. The summed E-state index contributed by atoms with van der Waals surface area (Å²) in [6, 6.07) is 10.3. The number of hydroxylamine groups is 1.